The van der Waals surface area contributed by atoms with E-state index in [2.05, 4.69) is 37.9 Å². The number of halogens is 1. The highest BCUT2D eigenvalue weighted by Gasteiger charge is 2.13. The molecule has 0 fully saturated rings. The maximum absolute atomic E-state index is 12.2. The lowest BCUT2D eigenvalue weighted by Gasteiger charge is -2.08. The van der Waals surface area contributed by atoms with Gasteiger partial charge in [0.25, 0.3) is 5.91 Å². The van der Waals surface area contributed by atoms with Gasteiger partial charge in [0.2, 0.25) is 0 Å². The van der Waals surface area contributed by atoms with Crippen LogP contribution in [0.1, 0.15) is 21.7 Å². The van der Waals surface area contributed by atoms with E-state index in [1.165, 1.54) is 0 Å². The van der Waals surface area contributed by atoms with Crippen LogP contribution in [0, 0.1) is 17.4 Å². The first-order chi connectivity index (χ1) is 12.4. The summed E-state index contributed by atoms with van der Waals surface area (Å²) < 4.78 is 6.01. The average molecular weight is 461 g/mol. The molecule has 6 nitrogen and oxygen atoms in total. The van der Waals surface area contributed by atoms with Gasteiger partial charge in [-0.2, -0.15) is 0 Å². The van der Waals surface area contributed by atoms with Crippen molar-refractivity contribution >= 4 is 51.2 Å². The van der Waals surface area contributed by atoms with Crippen molar-refractivity contribution in [2.45, 2.75) is 13.8 Å². The Kier molecular flexibility index (Phi) is 5.46. The van der Waals surface area contributed by atoms with E-state index in [1.807, 2.05) is 32.0 Å². The first-order valence-corrected chi connectivity index (χ1v) is 8.98. The van der Waals surface area contributed by atoms with Crippen LogP contribution < -0.4 is 5.32 Å². The zero-order valence-corrected chi connectivity index (χ0v) is 16.4. The normalized spacial score (nSPS) is 10.6. The molecule has 0 aliphatic rings. The molecule has 0 unspecified atom stereocenters. The van der Waals surface area contributed by atoms with Crippen LogP contribution in [-0.2, 0) is 9.53 Å². The summed E-state index contributed by atoms with van der Waals surface area (Å²) in [5.74, 6) is -0.973. The number of nitrogens with zero attached hydrogens (tertiary/aromatic N) is 2. The Morgan fingerprint density at radius 2 is 1.73 bits per heavy atom. The van der Waals surface area contributed by atoms with Gasteiger partial charge in [-0.3, -0.25) is 4.79 Å². The number of para-hydroxylation sites is 1. The molecule has 3 rings (SSSR count). The molecule has 1 N–H and O–H groups in total. The molecule has 132 valence electrons. The van der Waals surface area contributed by atoms with E-state index < -0.39 is 11.9 Å². The van der Waals surface area contributed by atoms with Crippen LogP contribution in [0.15, 0.2) is 42.5 Å². The van der Waals surface area contributed by atoms with Crippen molar-refractivity contribution in [1.29, 1.82) is 0 Å². The molecular formula is C19H16IN3O3. The van der Waals surface area contributed by atoms with Crippen LogP contribution in [0.5, 0.6) is 0 Å². The minimum absolute atomic E-state index is 0.331. The molecule has 0 spiro atoms. The number of fused-ring (bicyclic) bond motifs is 1. The van der Waals surface area contributed by atoms with Crippen LogP contribution in [0.4, 0.5) is 5.69 Å². The summed E-state index contributed by atoms with van der Waals surface area (Å²) in [6, 6.07) is 12.3. The fraction of sp³-hybridized carbons (Fsp3) is 0.158. The van der Waals surface area contributed by atoms with E-state index in [1.54, 1.807) is 24.3 Å². The van der Waals surface area contributed by atoms with Gasteiger partial charge in [0.05, 0.1) is 33.7 Å². The van der Waals surface area contributed by atoms with E-state index in [0.717, 1.165) is 15.0 Å². The molecule has 0 aliphatic carbocycles. The van der Waals surface area contributed by atoms with Crippen LogP contribution in [0.2, 0.25) is 0 Å². The third kappa shape index (κ3) is 4.16. The number of carbonyl (C=O) groups excluding carboxylic acids is 2. The van der Waals surface area contributed by atoms with Gasteiger partial charge in [0.15, 0.2) is 6.61 Å². The summed E-state index contributed by atoms with van der Waals surface area (Å²) in [4.78, 5) is 33.0. The number of hydrogen-bond donors (Lipinski definition) is 1. The predicted octanol–water partition coefficient (Wildman–Crippen LogP) is 3.65. The van der Waals surface area contributed by atoms with Gasteiger partial charge in [-0.1, -0.05) is 12.1 Å². The van der Waals surface area contributed by atoms with Crippen molar-refractivity contribution in [2.24, 2.45) is 0 Å². The number of aromatic nitrogens is 2. The molecule has 7 heteroatoms. The number of ether oxygens (including phenoxy) is 1. The highest BCUT2D eigenvalue weighted by atomic mass is 127. The second-order valence-corrected chi connectivity index (χ2v) is 6.86. The van der Waals surface area contributed by atoms with E-state index in [0.29, 0.717) is 22.3 Å². The number of carbonyl (C=O) groups is 2. The SMILES string of the molecule is Cc1nc2ccc(C(=O)OCC(=O)Nc3ccccc3I)cc2nc1C. The maximum atomic E-state index is 12.2. The highest BCUT2D eigenvalue weighted by molar-refractivity contribution is 14.1. The Morgan fingerprint density at radius 3 is 2.46 bits per heavy atom. The molecule has 1 amide bonds. The molecule has 0 saturated heterocycles. The number of hydrogen-bond acceptors (Lipinski definition) is 5. The van der Waals surface area contributed by atoms with Gasteiger partial charge in [-0.25, -0.2) is 14.8 Å². The number of amides is 1. The molecule has 0 atom stereocenters. The third-order valence-electron chi connectivity index (χ3n) is 3.79. The predicted molar refractivity (Wildman–Crippen MR) is 107 cm³/mol. The third-order valence-corrected chi connectivity index (χ3v) is 4.73. The lowest BCUT2D eigenvalue weighted by molar-refractivity contribution is -0.119. The molecule has 1 heterocycles. The topological polar surface area (TPSA) is 81.2 Å². The van der Waals surface area contributed by atoms with Gasteiger partial charge in [-0.15, -0.1) is 0 Å². The maximum Gasteiger partial charge on any atom is 0.338 e. The molecule has 0 saturated carbocycles. The molecule has 0 bridgehead atoms. The molecular weight excluding hydrogens is 445 g/mol. The number of aryl methyl sites for hydroxylation is 2. The smallest absolute Gasteiger partial charge is 0.338 e. The Balaban J connectivity index is 1.66. The Morgan fingerprint density at radius 1 is 1.04 bits per heavy atom. The summed E-state index contributed by atoms with van der Waals surface area (Å²) in [6.45, 7) is 3.39. The summed E-state index contributed by atoms with van der Waals surface area (Å²) in [6.07, 6.45) is 0. The monoisotopic (exact) mass is 461 g/mol. The summed E-state index contributed by atoms with van der Waals surface area (Å²) in [5, 5.41) is 2.71. The number of rotatable bonds is 4. The minimum Gasteiger partial charge on any atom is -0.452 e. The van der Waals surface area contributed by atoms with E-state index in [-0.39, 0.29) is 6.61 Å². The molecule has 0 radical (unpaired) electrons. The Labute approximate surface area is 164 Å². The molecule has 0 aliphatic heterocycles. The lowest BCUT2D eigenvalue weighted by atomic mass is 10.2. The van der Waals surface area contributed by atoms with Crippen LogP contribution >= 0.6 is 22.6 Å². The summed E-state index contributed by atoms with van der Waals surface area (Å²) >= 11 is 2.12. The van der Waals surface area contributed by atoms with Crippen molar-refractivity contribution in [2.75, 3.05) is 11.9 Å². The quantitative estimate of drug-likeness (QED) is 0.474. The lowest BCUT2D eigenvalue weighted by Crippen LogP contribution is -2.21. The van der Waals surface area contributed by atoms with E-state index in [9.17, 15) is 9.59 Å². The fourth-order valence-electron chi connectivity index (χ4n) is 2.32. The molecule has 2 aromatic carbocycles. The Hall–Kier alpha value is -2.55. The molecule has 26 heavy (non-hydrogen) atoms. The largest absolute Gasteiger partial charge is 0.452 e. The standard InChI is InChI=1S/C19H16IN3O3/c1-11-12(2)22-17-9-13(7-8-16(17)21-11)19(25)26-10-18(24)23-15-6-4-3-5-14(15)20/h3-9H,10H2,1-2H3,(H,23,24). The average Bonchev–Trinajstić information content (AvgIpc) is 2.62. The number of benzene rings is 2. The summed E-state index contributed by atoms with van der Waals surface area (Å²) in [5.41, 5.74) is 3.99. The van der Waals surface area contributed by atoms with Gasteiger partial charge in [-0.05, 0) is 66.8 Å². The minimum atomic E-state index is -0.579. The molecule has 3 aromatic rings. The number of esters is 1. The van der Waals surface area contributed by atoms with Crippen LogP contribution in [0.25, 0.3) is 11.0 Å². The zero-order valence-electron chi connectivity index (χ0n) is 14.2. The number of anilines is 1. The van der Waals surface area contributed by atoms with Crippen molar-refractivity contribution in [3.05, 3.63) is 63.0 Å². The van der Waals surface area contributed by atoms with Crippen molar-refractivity contribution in [3.8, 4) is 0 Å². The van der Waals surface area contributed by atoms with Crippen LogP contribution in [0.3, 0.4) is 0 Å². The van der Waals surface area contributed by atoms with Crippen molar-refractivity contribution < 1.29 is 14.3 Å². The van der Waals surface area contributed by atoms with E-state index in [4.69, 9.17) is 4.74 Å². The second kappa shape index (κ2) is 7.77. The molecule has 1 aromatic heterocycles. The van der Waals surface area contributed by atoms with Crippen molar-refractivity contribution in [3.63, 3.8) is 0 Å². The van der Waals surface area contributed by atoms with Gasteiger partial charge in [0, 0.05) is 3.57 Å². The highest BCUT2D eigenvalue weighted by Crippen LogP contribution is 2.17. The first kappa shape index (κ1) is 18.2. The Bertz CT molecular complexity index is 1000. The van der Waals surface area contributed by atoms with E-state index >= 15 is 0 Å². The zero-order chi connectivity index (χ0) is 18.7. The first-order valence-electron chi connectivity index (χ1n) is 7.90. The summed E-state index contributed by atoms with van der Waals surface area (Å²) in [7, 11) is 0. The van der Waals surface area contributed by atoms with Gasteiger partial charge in [0.1, 0.15) is 0 Å². The fourth-order valence-corrected chi connectivity index (χ4v) is 2.84. The van der Waals surface area contributed by atoms with Crippen molar-refractivity contribution in [1.82, 2.24) is 9.97 Å². The second-order valence-electron chi connectivity index (χ2n) is 5.70. The van der Waals surface area contributed by atoms with Gasteiger partial charge >= 0.3 is 5.97 Å². The van der Waals surface area contributed by atoms with Gasteiger partial charge < -0.3 is 10.1 Å². The van der Waals surface area contributed by atoms with Crippen LogP contribution in [-0.4, -0.2) is 28.5 Å². The number of nitrogens with one attached hydrogen (secondary N) is 1.